The predicted molar refractivity (Wildman–Crippen MR) is 90.0 cm³/mol. The van der Waals surface area contributed by atoms with Gasteiger partial charge < -0.3 is 9.73 Å². The van der Waals surface area contributed by atoms with Gasteiger partial charge in [0.15, 0.2) is 11.7 Å². The van der Waals surface area contributed by atoms with Crippen molar-refractivity contribution in [1.29, 1.82) is 0 Å². The normalized spacial score (nSPS) is 10.7. The molecule has 1 N–H and O–H groups in total. The molecule has 25 heavy (non-hydrogen) atoms. The second-order valence-electron chi connectivity index (χ2n) is 5.61. The fourth-order valence-electron chi connectivity index (χ4n) is 2.33. The Hall–Kier alpha value is -3.02. The van der Waals surface area contributed by atoms with Crippen LogP contribution in [0.2, 0.25) is 0 Å². The quantitative estimate of drug-likeness (QED) is 0.743. The fourth-order valence-corrected chi connectivity index (χ4v) is 2.33. The van der Waals surface area contributed by atoms with E-state index in [9.17, 15) is 13.6 Å². The van der Waals surface area contributed by atoms with Crippen molar-refractivity contribution in [3.63, 3.8) is 0 Å². The van der Waals surface area contributed by atoms with Crippen LogP contribution in [-0.4, -0.2) is 10.9 Å². The van der Waals surface area contributed by atoms with E-state index in [4.69, 9.17) is 4.42 Å². The Bertz CT molecular complexity index is 906. The van der Waals surface area contributed by atoms with Crippen LogP contribution in [-0.2, 0) is 11.2 Å². The number of oxazole rings is 1. The number of nitrogens with one attached hydrogen (secondary N) is 1. The molecule has 0 radical (unpaired) electrons. The molecule has 1 amide bonds. The van der Waals surface area contributed by atoms with Crippen molar-refractivity contribution in [3.05, 3.63) is 71.8 Å². The van der Waals surface area contributed by atoms with Gasteiger partial charge in [-0.05, 0) is 36.8 Å². The molecule has 0 bridgehead atoms. The number of hydrogen-bond donors (Lipinski definition) is 1. The summed E-state index contributed by atoms with van der Waals surface area (Å²) in [5.74, 6) is -0.407. The molecule has 0 saturated heterocycles. The maximum Gasteiger partial charge on any atom is 0.224 e. The SMILES string of the molecule is Cc1ccc(NC(=O)CCc2ncc(-c3ccccc3F)o2)cc1F. The highest BCUT2D eigenvalue weighted by Crippen LogP contribution is 2.23. The second-order valence-corrected chi connectivity index (χ2v) is 5.61. The zero-order valence-electron chi connectivity index (χ0n) is 13.6. The monoisotopic (exact) mass is 342 g/mol. The minimum atomic E-state index is -0.399. The highest BCUT2D eigenvalue weighted by Gasteiger charge is 2.12. The Morgan fingerprint density at radius 1 is 1.16 bits per heavy atom. The van der Waals surface area contributed by atoms with E-state index in [0.29, 0.717) is 28.5 Å². The van der Waals surface area contributed by atoms with Crippen LogP contribution in [0.3, 0.4) is 0 Å². The Kier molecular flexibility index (Phi) is 4.88. The molecular formula is C19H16F2N2O2. The van der Waals surface area contributed by atoms with E-state index in [1.807, 2.05) is 0 Å². The van der Waals surface area contributed by atoms with Crippen molar-refractivity contribution in [3.8, 4) is 11.3 Å². The lowest BCUT2D eigenvalue weighted by atomic mass is 10.2. The van der Waals surface area contributed by atoms with Gasteiger partial charge in [-0.1, -0.05) is 18.2 Å². The first kappa shape index (κ1) is 16.8. The molecular weight excluding hydrogens is 326 g/mol. The number of halogens is 2. The Morgan fingerprint density at radius 2 is 1.96 bits per heavy atom. The molecule has 6 heteroatoms. The smallest absolute Gasteiger partial charge is 0.224 e. The predicted octanol–water partition coefficient (Wildman–Crippen LogP) is 4.50. The molecule has 0 aliphatic heterocycles. The highest BCUT2D eigenvalue weighted by atomic mass is 19.1. The van der Waals surface area contributed by atoms with Gasteiger partial charge in [-0.25, -0.2) is 13.8 Å². The average molecular weight is 342 g/mol. The molecule has 0 unspecified atom stereocenters. The van der Waals surface area contributed by atoms with Crippen LogP contribution in [0, 0.1) is 18.6 Å². The number of anilines is 1. The number of rotatable bonds is 5. The summed E-state index contributed by atoms with van der Waals surface area (Å²) in [4.78, 5) is 16.0. The molecule has 0 aliphatic rings. The molecule has 0 spiro atoms. The van der Waals surface area contributed by atoms with Gasteiger partial charge in [0.05, 0.1) is 11.8 Å². The summed E-state index contributed by atoms with van der Waals surface area (Å²) >= 11 is 0. The van der Waals surface area contributed by atoms with Gasteiger partial charge in [-0.15, -0.1) is 0 Å². The third kappa shape index (κ3) is 4.09. The van der Waals surface area contributed by atoms with Gasteiger partial charge in [0.2, 0.25) is 5.91 Å². The molecule has 4 nitrogen and oxygen atoms in total. The molecule has 0 saturated carbocycles. The van der Waals surface area contributed by atoms with Gasteiger partial charge in [0.1, 0.15) is 11.6 Å². The van der Waals surface area contributed by atoms with Crippen LogP contribution >= 0.6 is 0 Å². The van der Waals surface area contributed by atoms with Crippen molar-refractivity contribution >= 4 is 11.6 Å². The summed E-state index contributed by atoms with van der Waals surface area (Å²) in [5, 5.41) is 2.62. The molecule has 3 rings (SSSR count). The van der Waals surface area contributed by atoms with Crippen LogP contribution in [0.25, 0.3) is 11.3 Å². The van der Waals surface area contributed by atoms with Crippen molar-refractivity contribution in [2.24, 2.45) is 0 Å². The van der Waals surface area contributed by atoms with Crippen LogP contribution in [0.15, 0.2) is 53.1 Å². The Labute approximate surface area is 143 Å². The zero-order valence-corrected chi connectivity index (χ0v) is 13.6. The first-order valence-corrected chi connectivity index (χ1v) is 7.78. The molecule has 3 aromatic rings. The van der Waals surface area contributed by atoms with E-state index in [1.54, 1.807) is 37.3 Å². The highest BCUT2D eigenvalue weighted by molar-refractivity contribution is 5.90. The second kappa shape index (κ2) is 7.25. The number of carbonyl (C=O) groups excluding carboxylic acids is 1. The number of hydrogen-bond acceptors (Lipinski definition) is 3. The van der Waals surface area contributed by atoms with Crippen molar-refractivity contribution in [1.82, 2.24) is 4.98 Å². The number of nitrogens with zero attached hydrogens (tertiary/aromatic N) is 1. The topological polar surface area (TPSA) is 55.1 Å². The lowest BCUT2D eigenvalue weighted by molar-refractivity contribution is -0.116. The standard InChI is InChI=1S/C19H16F2N2O2/c1-12-6-7-13(10-16(12)21)23-18(24)8-9-19-22-11-17(25-19)14-4-2-3-5-15(14)20/h2-7,10-11H,8-9H2,1H3,(H,23,24). The maximum absolute atomic E-state index is 13.7. The summed E-state index contributed by atoms with van der Waals surface area (Å²) in [6.45, 7) is 1.65. The Morgan fingerprint density at radius 3 is 2.72 bits per heavy atom. The summed E-state index contributed by atoms with van der Waals surface area (Å²) in [5.41, 5.74) is 1.23. The van der Waals surface area contributed by atoms with Crippen molar-refractivity contribution in [2.45, 2.75) is 19.8 Å². The van der Waals surface area contributed by atoms with Gasteiger partial charge in [-0.3, -0.25) is 4.79 Å². The number of aromatic nitrogens is 1. The first-order valence-electron chi connectivity index (χ1n) is 7.78. The largest absolute Gasteiger partial charge is 0.441 e. The van der Waals surface area contributed by atoms with Gasteiger partial charge in [0.25, 0.3) is 0 Å². The fraction of sp³-hybridized carbons (Fsp3) is 0.158. The number of aryl methyl sites for hydroxylation is 2. The van der Waals surface area contributed by atoms with E-state index >= 15 is 0 Å². The zero-order chi connectivity index (χ0) is 17.8. The van der Waals surface area contributed by atoms with E-state index in [2.05, 4.69) is 10.3 Å². The van der Waals surface area contributed by atoms with Crippen LogP contribution in [0.4, 0.5) is 14.5 Å². The Balaban J connectivity index is 1.59. The third-order valence-electron chi connectivity index (χ3n) is 3.71. The molecule has 0 fully saturated rings. The lowest BCUT2D eigenvalue weighted by Gasteiger charge is -2.05. The van der Waals surface area contributed by atoms with Crippen LogP contribution in [0.5, 0.6) is 0 Å². The minimum Gasteiger partial charge on any atom is -0.441 e. The van der Waals surface area contributed by atoms with E-state index < -0.39 is 5.82 Å². The first-order chi connectivity index (χ1) is 12.0. The van der Waals surface area contributed by atoms with Gasteiger partial charge >= 0.3 is 0 Å². The number of benzene rings is 2. The summed E-state index contributed by atoms with van der Waals surface area (Å²) in [6, 6.07) is 10.7. The maximum atomic E-state index is 13.7. The van der Waals surface area contributed by atoms with Crippen LogP contribution < -0.4 is 5.32 Å². The van der Waals surface area contributed by atoms with Gasteiger partial charge in [-0.2, -0.15) is 0 Å². The number of amides is 1. The van der Waals surface area contributed by atoms with E-state index in [-0.39, 0.29) is 24.6 Å². The van der Waals surface area contributed by atoms with Crippen LogP contribution in [0.1, 0.15) is 17.9 Å². The van der Waals surface area contributed by atoms with Gasteiger partial charge in [0, 0.05) is 18.5 Å². The summed E-state index contributed by atoms with van der Waals surface area (Å²) < 4.78 is 32.7. The van der Waals surface area contributed by atoms with Crippen molar-refractivity contribution < 1.29 is 18.0 Å². The van der Waals surface area contributed by atoms with E-state index in [0.717, 1.165) is 0 Å². The molecule has 2 aromatic carbocycles. The molecule has 1 heterocycles. The molecule has 1 aromatic heterocycles. The molecule has 0 aliphatic carbocycles. The van der Waals surface area contributed by atoms with E-state index in [1.165, 1.54) is 18.3 Å². The molecule has 128 valence electrons. The summed E-state index contributed by atoms with van der Waals surface area (Å²) in [6.07, 6.45) is 1.81. The lowest BCUT2D eigenvalue weighted by Crippen LogP contribution is -2.12. The summed E-state index contributed by atoms with van der Waals surface area (Å²) in [7, 11) is 0. The molecule has 0 atom stereocenters. The number of carbonyl (C=O) groups is 1. The van der Waals surface area contributed by atoms with Crippen molar-refractivity contribution in [2.75, 3.05) is 5.32 Å². The third-order valence-corrected chi connectivity index (χ3v) is 3.71. The average Bonchev–Trinajstić information content (AvgIpc) is 3.05. The minimum absolute atomic E-state index is 0.118.